The molecule has 1 saturated heterocycles. The fourth-order valence-corrected chi connectivity index (χ4v) is 2.73. The second-order valence-electron chi connectivity index (χ2n) is 6.90. The minimum absolute atomic E-state index is 0.0289. The van der Waals surface area contributed by atoms with Crippen LogP contribution in [0.1, 0.15) is 49.7 Å². The lowest BCUT2D eigenvalue weighted by Crippen LogP contribution is -2.27. The summed E-state index contributed by atoms with van der Waals surface area (Å²) < 4.78 is 5.36. The summed E-state index contributed by atoms with van der Waals surface area (Å²) in [6.07, 6.45) is 2.15. The molecule has 2 heterocycles. The van der Waals surface area contributed by atoms with Crippen molar-refractivity contribution in [2.45, 2.75) is 39.0 Å². The SMILES string of the molecule is CC(C)(C)c1ccc(-c2cc(C(=O)N3CCCC3)no2)cc1. The molecule has 0 radical (unpaired) electrons. The van der Waals surface area contributed by atoms with E-state index >= 15 is 0 Å². The zero-order valence-electron chi connectivity index (χ0n) is 13.4. The molecule has 0 spiro atoms. The lowest BCUT2D eigenvalue weighted by atomic mass is 9.86. The van der Waals surface area contributed by atoms with Crippen molar-refractivity contribution in [2.75, 3.05) is 13.1 Å². The van der Waals surface area contributed by atoms with Gasteiger partial charge in [-0.2, -0.15) is 0 Å². The molecule has 1 aromatic heterocycles. The molecular weight excluding hydrogens is 276 g/mol. The molecule has 4 nitrogen and oxygen atoms in total. The highest BCUT2D eigenvalue weighted by atomic mass is 16.5. The molecule has 3 rings (SSSR count). The monoisotopic (exact) mass is 298 g/mol. The molecule has 4 heteroatoms. The zero-order valence-corrected chi connectivity index (χ0v) is 13.4. The van der Waals surface area contributed by atoms with Crippen molar-refractivity contribution >= 4 is 5.91 Å². The molecule has 0 saturated carbocycles. The molecule has 1 aromatic carbocycles. The average molecular weight is 298 g/mol. The number of amides is 1. The predicted molar refractivity (Wildman–Crippen MR) is 85.8 cm³/mol. The van der Waals surface area contributed by atoms with Crippen LogP contribution in [0.25, 0.3) is 11.3 Å². The van der Waals surface area contributed by atoms with Gasteiger partial charge < -0.3 is 9.42 Å². The predicted octanol–water partition coefficient (Wildman–Crippen LogP) is 3.88. The van der Waals surface area contributed by atoms with Crippen LogP contribution in [0.2, 0.25) is 0 Å². The molecule has 2 aromatic rings. The van der Waals surface area contributed by atoms with Crippen LogP contribution in [0, 0.1) is 0 Å². The molecule has 1 amide bonds. The van der Waals surface area contributed by atoms with Crippen LogP contribution in [-0.2, 0) is 5.41 Å². The van der Waals surface area contributed by atoms with Gasteiger partial charge in [0.15, 0.2) is 11.5 Å². The van der Waals surface area contributed by atoms with Gasteiger partial charge in [-0.05, 0) is 23.8 Å². The Morgan fingerprint density at radius 1 is 1.14 bits per heavy atom. The fourth-order valence-electron chi connectivity index (χ4n) is 2.73. The summed E-state index contributed by atoms with van der Waals surface area (Å²) in [6, 6.07) is 9.97. The van der Waals surface area contributed by atoms with Gasteiger partial charge in [0.05, 0.1) is 0 Å². The highest BCUT2D eigenvalue weighted by molar-refractivity contribution is 5.93. The quantitative estimate of drug-likeness (QED) is 0.845. The third kappa shape index (κ3) is 2.91. The van der Waals surface area contributed by atoms with Crippen molar-refractivity contribution < 1.29 is 9.32 Å². The Balaban J connectivity index is 1.80. The molecule has 0 unspecified atom stereocenters. The van der Waals surface area contributed by atoms with Gasteiger partial charge in [0, 0.05) is 24.7 Å². The third-order valence-electron chi connectivity index (χ3n) is 4.16. The number of likely N-dealkylation sites (tertiary alicyclic amines) is 1. The van der Waals surface area contributed by atoms with Gasteiger partial charge in [0.25, 0.3) is 5.91 Å². The summed E-state index contributed by atoms with van der Waals surface area (Å²) in [5.41, 5.74) is 2.73. The molecule has 1 aliphatic rings. The summed E-state index contributed by atoms with van der Waals surface area (Å²) in [6.45, 7) is 8.19. The molecule has 1 aliphatic heterocycles. The zero-order chi connectivity index (χ0) is 15.7. The Morgan fingerprint density at radius 2 is 1.77 bits per heavy atom. The smallest absolute Gasteiger partial charge is 0.276 e. The molecule has 1 fully saturated rings. The van der Waals surface area contributed by atoms with E-state index in [2.05, 4.69) is 38.1 Å². The second-order valence-corrected chi connectivity index (χ2v) is 6.90. The summed E-state index contributed by atoms with van der Waals surface area (Å²) in [4.78, 5) is 14.1. The first-order valence-electron chi connectivity index (χ1n) is 7.82. The number of benzene rings is 1. The van der Waals surface area contributed by atoms with Crippen LogP contribution >= 0.6 is 0 Å². The summed E-state index contributed by atoms with van der Waals surface area (Å²) in [5.74, 6) is 0.613. The normalized spacial score (nSPS) is 15.3. The molecule has 0 atom stereocenters. The average Bonchev–Trinajstić information content (AvgIpc) is 3.17. The van der Waals surface area contributed by atoms with E-state index in [9.17, 15) is 4.79 Å². The van der Waals surface area contributed by atoms with Gasteiger partial charge in [-0.1, -0.05) is 50.2 Å². The van der Waals surface area contributed by atoms with Crippen molar-refractivity contribution in [1.82, 2.24) is 10.1 Å². The van der Waals surface area contributed by atoms with Crippen LogP contribution < -0.4 is 0 Å². The highest BCUT2D eigenvalue weighted by Crippen LogP contribution is 2.27. The maximum absolute atomic E-state index is 12.3. The first-order chi connectivity index (χ1) is 10.4. The number of nitrogens with zero attached hydrogens (tertiary/aromatic N) is 2. The van der Waals surface area contributed by atoms with Crippen molar-refractivity contribution in [1.29, 1.82) is 0 Å². The Hall–Kier alpha value is -2.10. The first kappa shape index (κ1) is 14.8. The Morgan fingerprint density at radius 3 is 2.36 bits per heavy atom. The van der Waals surface area contributed by atoms with Crippen molar-refractivity contribution in [3.8, 4) is 11.3 Å². The van der Waals surface area contributed by atoms with Crippen molar-refractivity contribution in [3.63, 3.8) is 0 Å². The second kappa shape index (κ2) is 5.59. The number of aromatic nitrogens is 1. The van der Waals surface area contributed by atoms with Crippen LogP contribution in [0.3, 0.4) is 0 Å². The van der Waals surface area contributed by atoms with E-state index in [1.54, 1.807) is 6.07 Å². The van der Waals surface area contributed by atoms with Gasteiger partial charge in [0.2, 0.25) is 0 Å². The van der Waals surface area contributed by atoms with E-state index in [4.69, 9.17) is 4.52 Å². The van der Waals surface area contributed by atoms with E-state index in [0.29, 0.717) is 11.5 Å². The fraction of sp³-hybridized carbons (Fsp3) is 0.444. The molecule has 0 aliphatic carbocycles. The van der Waals surface area contributed by atoms with E-state index in [-0.39, 0.29) is 11.3 Å². The molecule has 0 bridgehead atoms. The van der Waals surface area contributed by atoms with E-state index < -0.39 is 0 Å². The number of carbonyl (C=O) groups excluding carboxylic acids is 1. The standard InChI is InChI=1S/C18H22N2O2/c1-18(2,3)14-8-6-13(7-9-14)16-12-15(19-22-16)17(21)20-10-4-5-11-20/h6-9,12H,4-5,10-11H2,1-3H3. The van der Waals surface area contributed by atoms with Crippen LogP contribution in [-0.4, -0.2) is 29.1 Å². The largest absolute Gasteiger partial charge is 0.355 e. The first-order valence-corrected chi connectivity index (χ1v) is 7.82. The lowest BCUT2D eigenvalue weighted by Gasteiger charge is -2.18. The Labute approximate surface area is 131 Å². The highest BCUT2D eigenvalue weighted by Gasteiger charge is 2.23. The van der Waals surface area contributed by atoms with E-state index in [1.165, 1.54) is 5.56 Å². The Bertz CT molecular complexity index is 659. The summed E-state index contributed by atoms with van der Waals surface area (Å²) >= 11 is 0. The maximum atomic E-state index is 12.3. The maximum Gasteiger partial charge on any atom is 0.276 e. The summed E-state index contributed by atoms with van der Waals surface area (Å²) in [5, 5.41) is 3.94. The van der Waals surface area contributed by atoms with Crippen molar-refractivity contribution in [2.24, 2.45) is 0 Å². The molecule has 116 valence electrons. The van der Waals surface area contributed by atoms with Crippen LogP contribution in [0.4, 0.5) is 0 Å². The topological polar surface area (TPSA) is 46.3 Å². The number of carbonyl (C=O) groups is 1. The van der Waals surface area contributed by atoms with E-state index in [0.717, 1.165) is 31.5 Å². The van der Waals surface area contributed by atoms with Gasteiger partial charge >= 0.3 is 0 Å². The van der Waals surface area contributed by atoms with Gasteiger partial charge in [-0.15, -0.1) is 0 Å². The molecule has 22 heavy (non-hydrogen) atoms. The number of hydrogen-bond donors (Lipinski definition) is 0. The number of rotatable bonds is 2. The minimum Gasteiger partial charge on any atom is -0.355 e. The van der Waals surface area contributed by atoms with E-state index in [1.807, 2.05) is 17.0 Å². The van der Waals surface area contributed by atoms with Gasteiger partial charge in [-0.3, -0.25) is 4.79 Å². The van der Waals surface area contributed by atoms with Gasteiger partial charge in [0.1, 0.15) is 0 Å². The van der Waals surface area contributed by atoms with Crippen molar-refractivity contribution in [3.05, 3.63) is 41.6 Å². The third-order valence-corrected chi connectivity index (χ3v) is 4.16. The molecule has 0 N–H and O–H groups in total. The Kier molecular flexibility index (Phi) is 3.77. The van der Waals surface area contributed by atoms with Crippen LogP contribution in [0.15, 0.2) is 34.9 Å². The van der Waals surface area contributed by atoms with Crippen LogP contribution in [0.5, 0.6) is 0 Å². The van der Waals surface area contributed by atoms with Gasteiger partial charge in [-0.25, -0.2) is 0 Å². The lowest BCUT2D eigenvalue weighted by molar-refractivity contribution is 0.0782. The minimum atomic E-state index is -0.0289. The molecular formula is C18H22N2O2. The summed E-state index contributed by atoms with van der Waals surface area (Å²) in [7, 11) is 0. The number of hydrogen-bond acceptors (Lipinski definition) is 3.